The van der Waals surface area contributed by atoms with Gasteiger partial charge in [-0.25, -0.2) is 0 Å². The number of piperazine rings is 1. The third-order valence-corrected chi connectivity index (χ3v) is 5.73. The zero-order valence-corrected chi connectivity index (χ0v) is 17.1. The normalized spacial score (nSPS) is 20.2. The lowest BCUT2D eigenvalue weighted by molar-refractivity contribution is -0.130. The van der Waals surface area contributed by atoms with Gasteiger partial charge in [-0.15, -0.1) is 0 Å². The van der Waals surface area contributed by atoms with E-state index in [1.54, 1.807) is 7.11 Å². The van der Waals surface area contributed by atoms with Crippen LogP contribution in [0.15, 0.2) is 24.3 Å². The molecule has 1 aromatic carbocycles. The maximum Gasteiger partial charge on any atom is 0.237 e. The monoisotopic (exact) mass is 388 g/mol. The van der Waals surface area contributed by atoms with Gasteiger partial charge in [0.05, 0.1) is 19.2 Å². The van der Waals surface area contributed by atoms with E-state index in [0.29, 0.717) is 12.6 Å². The molecule has 0 aromatic heterocycles. The predicted molar refractivity (Wildman–Crippen MR) is 108 cm³/mol. The van der Waals surface area contributed by atoms with Crippen LogP contribution in [0.25, 0.3) is 0 Å². The van der Waals surface area contributed by atoms with E-state index >= 15 is 0 Å². The van der Waals surface area contributed by atoms with Crippen LogP contribution in [0.1, 0.15) is 32.3 Å². The van der Waals surface area contributed by atoms with Crippen molar-refractivity contribution in [2.75, 3.05) is 33.3 Å². The van der Waals surface area contributed by atoms with Gasteiger partial charge in [0, 0.05) is 38.8 Å². The average Bonchev–Trinajstić information content (AvgIpc) is 3.55. The van der Waals surface area contributed by atoms with Gasteiger partial charge in [-0.1, -0.05) is 12.1 Å². The number of amides is 2. The minimum absolute atomic E-state index is 0.0239. The molecule has 2 fully saturated rings. The van der Waals surface area contributed by atoms with Gasteiger partial charge in [-0.05, 0) is 44.4 Å². The Bertz CT molecular complexity index is 684. The minimum Gasteiger partial charge on any atom is -0.497 e. The third-order valence-electron chi connectivity index (χ3n) is 5.73. The summed E-state index contributed by atoms with van der Waals surface area (Å²) < 4.78 is 5.22. The van der Waals surface area contributed by atoms with Crippen LogP contribution in [0.2, 0.25) is 0 Å². The molecular weight excluding hydrogens is 356 g/mol. The number of benzene rings is 1. The van der Waals surface area contributed by atoms with Gasteiger partial charge in [0.15, 0.2) is 0 Å². The number of carbonyl (C=O) groups excluding carboxylic acids is 2. The van der Waals surface area contributed by atoms with Gasteiger partial charge in [0.25, 0.3) is 0 Å². The second-order valence-corrected chi connectivity index (χ2v) is 7.78. The topological polar surface area (TPSA) is 73.9 Å². The van der Waals surface area contributed by atoms with Gasteiger partial charge in [-0.3, -0.25) is 19.4 Å². The van der Waals surface area contributed by atoms with Crippen molar-refractivity contribution < 1.29 is 14.3 Å². The largest absolute Gasteiger partial charge is 0.497 e. The zero-order chi connectivity index (χ0) is 20.1. The summed E-state index contributed by atoms with van der Waals surface area (Å²) in [6.07, 6.45) is 2.21. The van der Waals surface area contributed by atoms with Crippen molar-refractivity contribution >= 4 is 11.8 Å². The molecule has 7 nitrogen and oxygen atoms in total. The molecule has 2 atom stereocenters. The van der Waals surface area contributed by atoms with E-state index in [9.17, 15) is 9.59 Å². The first-order chi connectivity index (χ1) is 13.5. The molecule has 2 N–H and O–H groups in total. The first kappa shape index (κ1) is 20.6. The lowest BCUT2D eigenvalue weighted by Crippen LogP contribution is -2.57. The molecule has 154 valence electrons. The maximum absolute atomic E-state index is 12.6. The highest BCUT2D eigenvalue weighted by Gasteiger charge is 2.31. The molecule has 0 spiro atoms. The third kappa shape index (κ3) is 5.45. The van der Waals surface area contributed by atoms with Gasteiger partial charge in [-0.2, -0.15) is 0 Å². The summed E-state index contributed by atoms with van der Waals surface area (Å²) in [5, 5.41) is 6.09. The number of ether oxygens (including phenoxy) is 1. The molecular formula is C21H32N4O3. The highest BCUT2D eigenvalue weighted by atomic mass is 16.5. The van der Waals surface area contributed by atoms with Crippen molar-refractivity contribution in [2.24, 2.45) is 0 Å². The van der Waals surface area contributed by atoms with Crippen molar-refractivity contribution in [1.29, 1.82) is 0 Å². The summed E-state index contributed by atoms with van der Waals surface area (Å²) in [6.45, 7) is 7.57. The summed E-state index contributed by atoms with van der Waals surface area (Å²) in [4.78, 5) is 29.2. The Labute approximate surface area is 167 Å². The van der Waals surface area contributed by atoms with Gasteiger partial charge in [0.2, 0.25) is 11.8 Å². The van der Waals surface area contributed by atoms with Crippen molar-refractivity contribution in [3.8, 4) is 5.75 Å². The number of nitrogens with zero attached hydrogens (tertiary/aromatic N) is 2. The Morgan fingerprint density at radius 2 is 1.68 bits per heavy atom. The Hall–Kier alpha value is -2.12. The van der Waals surface area contributed by atoms with Crippen LogP contribution in [0.3, 0.4) is 0 Å². The van der Waals surface area contributed by atoms with Crippen LogP contribution in [0, 0.1) is 0 Å². The molecule has 1 aromatic rings. The van der Waals surface area contributed by atoms with Crippen LogP contribution >= 0.6 is 0 Å². The molecule has 2 aliphatic rings. The van der Waals surface area contributed by atoms with Crippen LogP contribution < -0.4 is 15.4 Å². The number of hydrogen-bond acceptors (Lipinski definition) is 5. The summed E-state index contributed by atoms with van der Waals surface area (Å²) in [7, 11) is 1.63. The smallest absolute Gasteiger partial charge is 0.237 e. The molecule has 1 heterocycles. The lowest BCUT2D eigenvalue weighted by Gasteiger charge is -2.39. The molecule has 1 saturated carbocycles. The quantitative estimate of drug-likeness (QED) is 0.695. The van der Waals surface area contributed by atoms with E-state index in [4.69, 9.17) is 4.74 Å². The maximum atomic E-state index is 12.6. The van der Waals surface area contributed by atoms with E-state index in [1.807, 2.05) is 38.1 Å². The van der Waals surface area contributed by atoms with Crippen LogP contribution in [-0.4, -0.2) is 73.0 Å². The number of rotatable bonds is 8. The fourth-order valence-electron chi connectivity index (χ4n) is 3.51. The summed E-state index contributed by atoms with van der Waals surface area (Å²) in [5.41, 5.74) is 1.01. The highest BCUT2D eigenvalue weighted by Crippen LogP contribution is 2.19. The number of methoxy groups -OCH3 is 1. The Balaban J connectivity index is 1.42. The molecule has 2 unspecified atom stereocenters. The fraction of sp³-hybridized carbons (Fsp3) is 0.619. The highest BCUT2D eigenvalue weighted by molar-refractivity contribution is 5.82. The standard InChI is InChI=1S/C21H32N4O3/c1-15(20(26)22-14-17-5-4-6-19(13-17)28-3)24-9-11-25(12-10-24)16(2)21(27)23-18-7-8-18/h4-6,13,15-16,18H,7-12,14H2,1-3H3,(H,22,26)(H,23,27). The fourth-order valence-corrected chi connectivity index (χ4v) is 3.51. The Kier molecular flexibility index (Phi) is 6.91. The Morgan fingerprint density at radius 1 is 1.07 bits per heavy atom. The molecule has 1 saturated heterocycles. The van der Waals surface area contributed by atoms with E-state index in [0.717, 1.165) is 50.3 Å². The average molecular weight is 389 g/mol. The predicted octanol–water partition coefficient (Wildman–Crippen LogP) is 0.985. The molecule has 0 bridgehead atoms. The van der Waals surface area contributed by atoms with Crippen molar-refractivity contribution in [1.82, 2.24) is 20.4 Å². The Morgan fingerprint density at radius 3 is 2.25 bits per heavy atom. The first-order valence-electron chi connectivity index (χ1n) is 10.2. The molecule has 7 heteroatoms. The van der Waals surface area contributed by atoms with Crippen LogP contribution in [0.4, 0.5) is 0 Å². The minimum atomic E-state index is -0.191. The van der Waals surface area contributed by atoms with E-state index < -0.39 is 0 Å². The zero-order valence-electron chi connectivity index (χ0n) is 17.1. The lowest BCUT2D eigenvalue weighted by atomic mass is 10.1. The molecule has 3 rings (SSSR count). The first-order valence-corrected chi connectivity index (χ1v) is 10.2. The van der Waals surface area contributed by atoms with Crippen LogP contribution in [-0.2, 0) is 16.1 Å². The SMILES string of the molecule is COc1cccc(CNC(=O)C(C)N2CCN(C(C)C(=O)NC3CC3)CC2)c1. The summed E-state index contributed by atoms with van der Waals surface area (Å²) in [5.74, 6) is 0.937. The number of nitrogens with one attached hydrogen (secondary N) is 2. The van der Waals surface area contributed by atoms with E-state index in [-0.39, 0.29) is 23.9 Å². The number of hydrogen-bond donors (Lipinski definition) is 2. The second-order valence-electron chi connectivity index (χ2n) is 7.78. The van der Waals surface area contributed by atoms with E-state index in [2.05, 4.69) is 20.4 Å². The summed E-state index contributed by atoms with van der Waals surface area (Å²) >= 11 is 0. The molecule has 28 heavy (non-hydrogen) atoms. The summed E-state index contributed by atoms with van der Waals surface area (Å²) in [6, 6.07) is 7.80. The van der Waals surface area contributed by atoms with Crippen molar-refractivity contribution in [3.05, 3.63) is 29.8 Å². The molecule has 1 aliphatic carbocycles. The van der Waals surface area contributed by atoms with Gasteiger partial charge >= 0.3 is 0 Å². The van der Waals surface area contributed by atoms with Crippen LogP contribution in [0.5, 0.6) is 5.75 Å². The van der Waals surface area contributed by atoms with Crippen molar-refractivity contribution in [3.63, 3.8) is 0 Å². The molecule has 1 aliphatic heterocycles. The second kappa shape index (κ2) is 9.39. The van der Waals surface area contributed by atoms with Crippen molar-refractivity contribution in [2.45, 2.75) is 51.4 Å². The number of carbonyl (C=O) groups is 2. The molecule has 0 radical (unpaired) electrons. The van der Waals surface area contributed by atoms with Gasteiger partial charge in [0.1, 0.15) is 5.75 Å². The van der Waals surface area contributed by atoms with E-state index in [1.165, 1.54) is 0 Å². The van der Waals surface area contributed by atoms with Gasteiger partial charge < -0.3 is 15.4 Å². The molecule has 2 amide bonds.